The zero-order valence-corrected chi connectivity index (χ0v) is 10.8. The molecule has 0 amide bonds. The quantitative estimate of drug-likeness (QED) is 0.897. The van der Waals surface area contributed by atoms with Crippen molar-refractivity contribution in [2.45, 2.75) is 13.5 Å². The third-order valence-corrected chi connectivity index (χ3v) is 3.31. The maximum atomic E-state index is 9.31. The Morgan fingerprint density at radius 3 is 2.65 bits per heavy atom. The Labute approximate surface area is 110 Å². The molecular formula is C13H11Cl2NO. The molecule has 1 heterocycles. The van der Waals surface area contributed by atoms with Crippen LogP contribution in [0, 0.1) is 6.92 Å². The summed E-state index contributed by atoms with van der Waals surface area (Å²) in [5.74, 6) is 0. The number of aryl methyl sites for hydroxylation is 1. The van der Waals surface area contributed by atoms with Crippen LogP contribution in [-0.2, 0) is 6.61 Å². The molecule has 17 heavy (non-hydrogen) atoms. The summed E-state index contributed by atoms with van der Waals surface area (Å²) in [6, 6.07) is 9.08. The molecule has 0 unspecified atom stereocenters. The minimum atomic E-state index is -0.0779. The number of aromatic nitrogens is 1. The highest BCUT2D eigenvalue weighted by atomic mass is 35.5. The normalized spacial score (nSPS) is 10.6. The molecule has 88 valence electrons. The van der Waals surface area contributed by atoms with E-state index in [2.05, 4.69) is 4.98 Å². The van der Waals surface area contributed by atoms with Crippen LogP contribution in [-0.4, -0.2) is 10.1 Å². The number of rotatable bonds is 2. The van der Waals surface area contributed by atoms with Crippen LogP contribution in [0.1, 0.15) is 11.3 Å². The minimum absolute atomic E-state index is 0.0779. The Bertz CT molecular complexity index is 555. The molecule has 2 nitrogen and oxygen atoms in total. The second kappa shape index (κ2) is 5.05. The van der Waals surface area contributed by atoms with Crippen LogP contribution in [0.2, 0.25) is 10.0 Å². The number of hydrogen-bond acceptors (Lipinski definition) is 2. The zero-order chi connectivity index (χ0) is 12.4. The average molecular weight is 268 g/mol. The maximum absolute atomic E-state index is 9.31. The van der Waals surface area contributed by atoms with E-state index in [-0.39, 0.29) is 6.61 Å². The van der Waals surface area contributed by atoms with Gasteiger partial charge in [-0.15, -0.1) is 0 Å². The molecule has 2 rings (SSSR count). The van der Waals surface area contributed by atoms with Gasteiger partial charge in [-0.3, -0.25) is 4.98 Å². The van der Waals surface area contributed by atoms with Gasteiger partial charge >= 0.3 is 0 Å². The molecule has 0 saturated heterocycles. The van der Waals surface area contributed by atoms with Gasteiger partial charge < -0.3 is 5.11 Å². The van der Waals surface area contributed by atoms with E-state index in [1.54, 1.807) is 6.07 Å². The summed E-state index contributed by atoms with van der Waals surface area (Å²) < 4.78 is 0. The van der Waals surface area contributed by atoms with Gasteiger partial charge in [-0.25, -0.2) is 0 Å². The molecule has 0 saturated carbocycles. The zero-order valence-electron chi connectivity index (χ0n) is 9.24. The van der Waals surface area contributed by atoms with Crippen LogP contribution >= 0.6 is 23.2 Å². The molecule has 2 aromatic rings. The molecule has 0 radical (unpaired) electrons. The molecule has 1 N–H and O–H groups in total. The lowest BCUT2D eigenvalue weighted by molar-refractivity contribution is 0.282. The third kappa shape index (κ3) is 2.44. The summed E-state index contributed by atoms with van der Waals surface area (Å²) in [6.07, 6.45) is 0. The molecule has 0 aliphatic rings. The molecule has 0 atom stereocenters. The summed E-state index contributed by atoms with van der Waals surface area (Å²) in [4.78, 5) is 4.41. The molecule has 0 bridgehead atoms. The van der Waals surface area contributed by atoms with Crippen LogP contribution in [0.15, 0.2) is 30.3 Å². The summed E-state index contributed by atoms with van der Waals surface area (Å²) >= 11 is 12.1. The maximum Gasteiger partial charge on any atom is 0.0775 e. The number of aliphatic hydroxyl groups excluding tert-OH is 1. The van der Waals surface area contributed by atoms with E-state index >= 15 is 0 Å². The highest BCUT2D eigenvalue weighted by molar-refractivity contribution is 6.43. The van der Waals surface area contributed by atoms with Crippen molar-refractivity contribution in [2.24, 2.45) is 0 Å². The second-order valence-electron chi connectivity index (χ2n) is 3.72. The first-order chi connectivity index (χ1) is 8.13. The fourth-order valence-corrected chi connectivity index (χ4v) is 2.02. The van der Waals surface area contributed by atoms with Gasteiger partial charge in [-0.1, -0.05) is 41.4 Å². The van der Waals surface area contributed by atoms with Crippen LogP contribution in [0.5, 0.6) is 0 Å². The first-order valence-electron chi connectivity index (χ1n) is 5.15. The Morgan fingerprint density at radius 2 is 1.94 bits per heavy atom. The summed E-state index contributed by atoms with van der Waals surface area (Å²) in [6.45, 7) is 1.81. The fraction of sp³-hybridized carbons (Fsp3) is 0.154. The van der Waals surface area contributed by atoms with Crippen molar-refractivity contribution in [3.63, 3.8) is 0 Å². The van der Waals surface area contributed by atoms with E-state index in [9.17, 15) is 5.11 Å². The Balaban J connectivity index is 2.67. The minimum Gasteiger partial charge on any atom is -0.392 e. The predicted molar refractivity (Wildman–Crippen MR) is 70.4 cm³/mol. The van der Waals surface area contributed by atoms with Gasteiger partial charge in [-0.2, -0.15) is 0 Å². The highest BCUT2D eigenvalue weighted by Crippen LogP contribution is 2.34. The smallest absolute Gasteiger partial charge is 0.0775 e. The van der Waals surface area contributed by atoms with Crippen LogP contribution in [0.3, 0.4) is 0 Å². The fourth-order valence-electron chi connectivity index (χ4n) is 1.63. The van der Waals surface area contributed by atoms with E-state index in [0.29, 0.717) is 15.7 Å². The number of pyridine rings is 1. The lowest BCUT2D eigenvalue weighted by Crippen LogP contribution is -1.95. The van der Waals surface area contributed by atoms with Gasteiger partial charge in [0.25, 0.3) is 0 Å². The molecule has 0 aliphatic carbocycles. The van der Waals surface area contributed by atoms with E-state index in [4.69, 9.17) is 23.2 Å². The van der Waals surface area contributed by atoms with Crippen molar-refractivity contribution < 1.29 is 5.11 Å². The van der Waals surface area contributed by atoms with E-state index in [1.165, 1.54) is 0 Å². The van der Waals surface area contributed by atoms with Crippen molar-refractivity contribution in [3.8, 4) is 11.3 Å². The van der Waals surface area contributed by atoms with Gasteiger partial charge in [-0.05, 0) is 19.1 Å². The molecule has 1 aromatic carbocycles. The van der Waals surface area contributed by atoms with Crippen molar-refractivity contribution in [1.29, 1.82) is 0 Å². The monoisotopic (exact) mass is 267 g/mol. The number of nitrogens with zero attached hydrogens (tertiary/aromatic N) is 1. The Morgan fingerprint density at radius 1 is 1.18 bits per heavy atom. The molecular weight excluding hydrogens is 257 g/mol. The van der Waals surface area contributed by atoms with E-state index in [1.807, 2.05) is 31.2 Å². The predicted octanol–water partition coefficient (Wildman–Crippen LogP) is 3.86. The standard InChI is InChI=1S/C13H11Cl2NO/c1-8-5-6-9(7-17)13(16-8)10-3-2-4-11(14)12(10)15/h2-6,17H,7H2,1H3. The van der Waals surface area contributed by atoms with Gasteiger partial charge in [0, 0.05) is 16.8 Å². The molecule has 0 fully saturated rings. The number of halogens is 2. The molecule has 0 aliphatic heterocycles. The Hall–Kier alpha value is -1.09. The Kier molecular flexibility index (Phi) is 3.67. The number of hydrogen-bond donors (Lipinski definition) is 1. The van der Waals surface area contributed by atoms with Gasteiger partial charge in [0.2, 0.25) is 0 Å². The van der Waals surface area contributed by atoms with Gasteiger partial charge in [0.05, 0.1) is 22.3 Å². The van der Waals surface area contributed by atoms with Crippen molar-refractivity contribution in [3.05, 3.63) is 51.6 Å². The van der Waals surface area contributed by atoms with Gasteiger partial charge in [0.15, 0.2) is 0 Å². The lowest BCUT2D eigenvalue weighted by Gasteiger charge is -2.10. The number of benzene rings is 1. The largest absolute Gasteiger partial charge is 0.392 e. The SMILES string of the molecule is Cc1ccc(CO)c(-c2cccc(Cl)c2Cl)n1. The van der Waals surface area contributed by atoms with Crippen molar-refractivity contribution in [2.75, 3.05) is 0 Å². The third-order valence-electron chi connectivity index (χ3n) is 2.50. The van der Waals surface area contributed by atoms with Crippen molar-refractivity contribution in [1.82, 2.24) is 4.98 Å². The highest BCUT2D eigenvalue weighted by Gasteiger charge is 2.12. The summed E-state index contributed by atoms with van der Waals surface area (Å²) in [7, 11) is 0. The molecule has 0 spiro atoms. The van der Waals surface area contributed by atoms with Crippen LogP contribution < -0.4 is 0 Å². The first-order valence-corrected chi connectivity index (χ1v) is 5.91. The lowest BCUT2D eigenvalue weighted by atomic mass is 10.1. The van der Waals surface area contributed by atoms with Crippen LogP contribution in [0.25, 0.3) is 11.3 Å². The summed E-state index contributed by atoms with van der Waals surface area (Å²) in [5.41, 5.74) is 3.03. The topological polar surface area (TPSA) is 33.1 Å². The van der Waals surface area contributed by atoms with Gasteiger partial charge in [0.1, 0.15) is 0 Å². The molecule has 4 heteroatoms. The summed E-state index contributed by atoms with van der Waals surface area (Å²) in [5, 5.41) is 10.3. The number of aliphatic hydroxyl groups is 1. The van der Waals surface area contributed by atoms with E-state index in [0.717, 1.165) is 16.8 Å². The average Bonchev–Trinajstić information content (AvgIpc) is 2.33. The van der Waals surface area contributed by atoms with Crippen LogP contribution in [0.4, 0.5) is 0 Å². The first kappa shape index (κ1) is 12.4. The second-order valence-corrected chi connectivity index (χ2v) is 4.51. The van der Waals surface area contributed by atoms with Crippen molar-refractivity contribution >= 4 is 23.2 Å². The molecule has 1 aromatic heterocycles. The van der Waals surface area contributed by atoms with E-state index < -0.39 is 0 Å².